The van der Waals surface area contributed by atoms with Crippen molar-refractivity contribution in [3.05, 3.63) is 62.1 Å². The molecule has 1 unspecified atom stereocenters. The first-order valence-corrected chi connectivity index (χ1v) is 7.62. The number of benzene rings is 1. The molecule has 0 spiro atoms. The Morgan fingerprint density at radius 1 is 1.38 bits per heavy atom. The van der Waals surface area contributed by atoms with Gasteiger partial charge in [0.1, 0.15) is 6.04 Å². The van der Waals surface area contributed by atoms with Crippen LogP contribution in [0.25, 0.3) is 0 Å². The van der Waals surface area contributed by atoms with Crippen molar-refractivity contribution in [2.45, 2.75) is 32.2 Å². The summed E-state index contributed by atoms with van der Waals surface area (Å²) < 4.78 is 1.16. The van der Waals surface area contributed by atoms with Crippen LogP contribution in [0.4, 0.5) is 11.4 Å². The number of non-ortho nitro benzene ring substituents is 1. The maximum atomic E-state index is 12.4. The molecule has 2 aromatic rings. The van der Waals surface area contributed by atoms with Crippen LogP contribution in [-0.2, 0) is 17.6 Å². The van der Waals surface area contributed by atoms with E-state index in [4.69, 9.17) is 0 Å². The number of carbonyl (C=O) groups excluding carboxylic acids is 1. The van der Waals surface area contributed by atoms with Gasteiger partial charge in [0.15, 0.2) is 0 Å². The third kappa shape index (κ3) is 3.03. The molecule has 0 saturated heterocycles. The smallest absolute Gasteiger partial charge is 0.271 e. The number of anilines is 1. The van der Waals surface area contributed by atoms with Crippen molar-refractivity contribution in [1.82, 2.24) is 9.78 Å². The Balaban J connectivity index is 1.82. The fourth-order valence-electron chi connectivity index (χ4n) is 2.75. The van der Waals surface area contributed by atoms with Gasteiger partial charge >= 0.3 is 0 Å². The van der Waals surface area contributed by atoms with Crippen LogP contribution in [-0.4, -0.2) is 20.6 Å². The average molecular weight is 328 g/mol. The number of aromatic nitrogens is 2. The fraction of sp³-hybridized carbons (Fsp3) is 0.312. The maximum absolute atomic E-state index is 12.4. The van der Waals surface area contributed by atoms with Crippen molar-refractivity contribution < 1.29 is 9.72 Å². The third-order valence-electron chi connectivity index (χ3n) is 4.05. The van der Waals surface area contributed by atoms with Crippen molar-refractivity contribution in [1.29, 1.82) is 0 Å². The highest BCUT2D eigenvalue weighted by Gasteiger charge is 2.21. The molecule has 1 aromatic carbocycles. The van der Waals surface area contributed by atoms with Crippen LogP contribution in [0.15, 0.2) is 35.1 Å². The summed E-state index contributed by atoms with van der Waals surface area (Å²) in [6, 6.07) is 6.36. The lowest BCUT2D eigenvalue weighted by Crippen LogP contribution is -2.34. The average Bonchev–Trinajstić information content (AvgIpc) is 3.00. The first kappa shape index (κ1) is 15.9. The highest BCUT2D eigenvalue weighted by Crippen LogP contribution is 2.20. The molecule has 0 aliphatic heterocycles. The zero-order valence-corrected chi connectivity index (χ0v) is 13.1. The Hall–Kier alpha value is -3.03. The zero-order chi connectivity index (χ0) is 17.3. The van der Waals surface area contributed by atoms with E-state index in [-0.39, 0.29) is 11.2 Å². The Bertz CT molecular complexity index is 875. The monoisotopic (exact) mass is 328 g/mol. The number of hydrogen-bond acceptors (Lipinski definition) is 5. The minimum Gasteiger partial charge on any atom is -0.324 e. The lowest BCUT2D eigenvalue weighted by Gasteiger charge is -2.15. The summed E-state index contributed by atoms with van der Waals surface area (Å²) in [4.78, 5) is 34.8. The molecular formula is C16H16N4O4. The van der Waals surface area contributed by atoms with E-state index in [1.807, 2.05) is 0 Å². The van der Waals surface area contributed by atoms with E-state index in [0.717, 1.165) is 35.2 Å². The molecule has 1 aliphatic rings. The van der Waals surface area contributed by atoms with Crippen molar-refractivity contribution in [2.75, 3.05) is 5.32 Å². The van der Waals surface area contributed by atoms with Gasteiger partial charge in [-0.1, -0.05) is 6.07 Å². The van der Waals surface area contributed by atoms with Gasteiger partial charge in [0.2, 0.25) is 5.91 Å². The molecular weight excluding hydrogens is 312 g/mol. The summed E-state index contributed by atoms with van der Waals surface area (Å²) in [6.45, 7) is 1.57. The van der Waals surface area contributed by atoms with E-state index >= 15 is 0 Å². The molecule has 24 heavy (non-hydrogen) atoms. The third-order valence-corrected chi connectivity index (χ3v) is 4.05. The van der Waals surface area contributed by atoms with Gasteiger partial charge in [0, 0.05) is 23.9 Å². The zero-order valence-electron chi connectivity index (χ0n) is 13.1. The second-order valence-corrected chi connectivity index (χ2v) is 5.73. The van der Waals surface area contributed by atoms with Gasteiger partial charge in [-0.15, -0.1) is 0 Å². The molecule has 1 atom stereocenters. The molecule has 1 aromatic heterocycles. The molecule has 1 amide bonds. The van der Waals surface area contributed by atoms with Crippen molar-refractivity contribution in [2.24, 2.45) is 0 Å². The highest BCUT2D eigenvalue weighted by atomic mass is 16.6. The number of nitro groups is 1. The maximum Gasteiger partial charge on any atom is 0.271 e. The van der Waals surface area contributed by atoms with Crippen LogP contribution in [0, 0.1) is 10.1 Å². The Labute approximate surface area is 137 Å². The first-order chi connectivity index (χ1) is 11.5. The number of rotatable bonds is 4. The molecule has 124 valence electrons. The second-order valence-electron chi connectivity index (χ2n) is 5.73. The molecule has 3 rings (SSSR count). The summed E-state index contributed by atoms with van der Waals surface area (Å²) in [6.07, 6.45) is 2.60. The molecule has 0 saturated carbocycles. The quantitative estimate of drug-likeness (QED) is 0.680. The molecule has 0 radical (unpaired) electrons. The molecule has 1 N–H and O–H groups in total. The Kier molecular flexibility index (Phi) is 4.11. The second kappa shape index (κ2) is 6.23. The van der Waals surface area contributed by atoms with Gasteiger partial charge in [-0.3, -0.25) is 19.7 Å². The lowest BCUT2D eigenvalue weighted by molar-refractivity contribution is -0.384. The van der Waals surface area contributed by atoms with Crippen molar-refractivity contribution in [3.8, 4) is 0 Å². The molecule has 0 fully saturated rings. The standard InChI is InChI=1S/C16H16N4O4/c1-10(19-15(21)8-11-4-2-7-14(11)18-19)16(22)17-12-5-3-6-13(9-12)20(23)24/h3,5-6,8-10H,2,4,7H2,1H3,(H,17,22). The van der Waals surface area contributed by atoms with E-state index in [1.165, 1.54) is 24.3 Å². The Morgan fingerprint density at radius 3 is 2.92 bits per heavy atom. The molecule has 1 heterocycles. The van der Waals surface area contributed by atoms with Gasteiger partial charge in [-0.25, -0.2) is 4.68 Å². The van der Waals surface area contributed by atoms with E-state index in [1.54, 1.807) is 13.0 Å². The number of fused-ring (bicyclic) bond motifs is 1. The predicted molar refractivity (Wildman–Crippen MR) is 87.0 cm³/mol. The highest BCUT2D eigenvalue weighted by molar-refractivity contribution is 5.93. The number of amides is 1. The lowest BCUT2D eigenvalue weighted by atomic mass is 10.2. The van der Waals surface area contributed by atoms with Crippen LogP contribution >= 0.6 is 0 Å². The van der Waals surface area contributed by atoms with Crippen LogP contribution in [0.2, 0.25) is 0 Å². The summed E-state index contributed by atoms with van der Waals surface area (Å²) in [5.74, 6) is -0.456. The minimum absolute atomic E-state index is 0.117. The number of nitrogens with one attached hydrogen (secondary N) is 1. The Morgan fingerprint density at radius 2 is 2.17 bits per heavy atom. The van der Waals surface area contributed by atoms with Gasteiger partial charge in [-0.2, -0.15) is 5.10 Å². The van der Waals surface area contributed by atoms with Crippen molar-refractivity contribution in [3.63, 3.8) is 0 Å². The molecule has 1 aliphatic carbocycles. The molecule has 8 heteroatoms. The van der Waals surface area contributed by atoms with Crippen molar-refractivity contribution >= 4 is 17.3 Å². The van der Waals surface area contributed by atoms with Gasteiger partial charge in [0.25, 0.3) is 11.2 Å². The summed E-state index contributed by atoms with van der Waals surface area (Å²) in [7, 11) is 0. The van der Waals surface area contributed by atoms with Crippen LogP contribution in [0.5, 0.6) is 0 Å². The number of nitro benzene ring substituents is 1. The number of aryl methyl sites for hydroxylation is 2. The molecule has 0 bridgehead atoms. The summed E-state index contributed by atoms with van der Waals surface area (Å²) in [5, 5.41) is 17.7. The number of hydrogen-bond donors (Lipinski definition) is 1. The SMILES string of the molecule is CC(C(=O)Nc1cccc([N+](=O)[O-])c1)n1nc2c(cc1=O)CCC2. The number of carbonyl (C=O) groups is 1. The van der Waals surface area contributed by atoms with Gasteiger partial charge in [0.05, 0.1) is 10.6 Å². The van der Waals surface area contributed by atoms with E-state index < -0.39 is 16.9 Å². The van der Waals surface area contributed by atoms with Gasteiger partial charge in [-0.05, 0) is 37.8 Å². The normalized spacial score (nSPS) is 14.0. The van der Waals surface area contributed by atoms with E-state index in [2.05, 4.69) is 10.4 Å². The van der Waals surface area contributed by atoms with Crippen LogP contribution in [0.3, 0.4) is 0 Å². The minimum atomic E-state index is -0.817. The van der Waals surface area contributed by atoms with Crippen LogP contribution in [0.1, 0.15) is 30.6 Å². The topological polar surface area (TPSA) is 107 Å². The van der Waals surface area contributed by atoms with Gasteiger partial charge < -0.3 is 5.32 Å². The predicted octanol–water partition coefficient (Wildman–Crippen LogP) is 1.84. The number of nitrogens with zero attached hydrogens (tertiary/aromatic N) is 3. The summed E-state index contributed by atoms with van der Waals surface area (Å²) >= 11 is 0. The first-order valence-electron chi connectivity index (χ1n) is 7.62. The fourth-order valence-corrected chi connectivity index (χ4v) is 2.75. The summed E-state index contributed by atoms with van der Waals surface area (Å²) in [5.41, 5.74) is 1.66. The largest absolute Gasteiger partial charge is 0.324 e. The van der Waals surface area contributed by atoms with Crippen LogP contribution < -0.4 is 10.9 Å². The van der Waals surface area contributed by atoms with E-state index in [9.17, 15) is 19.7 Å². The van der Waals surface area contributed by atoms with E-state index in [0.29, 0.717) is 5.69 Å². The molecule has 8 nitrogen and oxygen atoms in total.